The van der Waals surface area contributed by atoms with Crippen molar-refractivity contribution >= 4 is 5.69 Å². The Balaban J connectivity index is 2.85. The summed E-state index contributed by atoms with van der Waals surface area (Å²) in [6.45, 7) is 2.62. The van der Waals surface area contributed by atoms with Gasteiger partial charge in [0.25, 0.3) is 0 Å². The average Bonchev–Trinajstić information content (AvgIpc) is 2.09. The predicted octanol–water partition coefficient (Wildman–Crippen LogP) is 0.543. The van der Waals surface area contributed by atoms with Crippen molar-refractivity contribution in [1.82, 2.24) is 10.3 Å². The molecule has 0 radical (unpaired) electrons. The number of nitrogens with zero attached hydrogens (tertiary/aromatic N) is 1. The highest BCUT2D eigenvalue weighted by molar-refractivity contribution is 5.44. The van der Waals surface area contributed by atoms with E-state index >= 15 is 0 Å². The van der Waals surface area contributed by atoms with Crippen LogP contribution >= 0.6 is 0 Å². The van der Waals surface area contributed by atoms with E-state index < -0.39 is 0 Å². The van der Waals surface area contributed by atoms with Crippen molar-refractivity contribution < 1.29 is 0 Å². The summed E-state index contributed by atoms with van der Waals surface area (Å²) in [6.07, 6.45) is 1.62. The number of nitrogen functional groups attached to an aromatic ring is 1. The number of nitrogens with two attached hydrogens (primary N) is 1. The lowest BCUT2D eigenvalue weighted by molar-refractivity contribution is 0.938. The Hall–Kier alpha value is -1.53. The fraction of sp³-hybridized carbons (Fsp3) is 0.300. The first-order chi connectivity index (χ1) is 6.24. The highest BCUT2D eigenvalue weighted by Gasteiger charge is 1.95. The quantitative estimate of drug-likeness (QED) is 0.613. The van der Waals surface area contributed by atoms with Crippen LogP contribution in [0, 0.1) is 18.8 Å². The molecule has 3 heteroatoms. The van der Waals surface area contributed by atoms with Crippen LogP contribution in [-0.2, 0) is 0 Å². The molecule has 0 aliphatic carbocycles. The molecule has 13 heavy (non-hydrogen) atoms. The maximum Gasteiger partial charge on any atom is 0.116 e. The third-order valence-electron chi connectivity index (χ3n) is 1.57. The van der Waals surface area contributed by atoms with Crippen LogP contribution in [0.1, 0.15) is 11.3 Å². The maximum absolute atomic E-state index is 5.56. The van der Waals surface area contributed by atoms with Crippen molar-refractivity contribution in [1.29, 1.82) is 0 Å². The zero-order valence-corrected chi connectivity index (χ0v) is 7.89. The number of hydrogen-bond acceptors (Lipinski definition) is 3. The molecule has 1 heterocycles. The lowest BCUT2D eigenvalue weighted by atomic mass is 10.2. The SMILES string of the molecule is CNCC#Cc1ncc(N)cc1C. The van der Waals surface area contributed by atoms with Crippen LogP contribution in [0.4, 0.5) is 5.69 Å². The Kier molecular flexibility index (Phi) is 3.30. The topological polar surface area (TPSA) is 50.9 Å². The van der Waals surface area contributed by atoms with Crippen LogP contribution in [0.5, 0.6) is 0 Å². The van der Waals surface area contributed by atoms with E-state index in [-0.39, 0.29) is 0 Å². The van der Waals surface area contributed by atoms with E-state index in [2.05, 4.69) is 22.1 Å². The van der Waals surface area contributed by atoms with Crippen molar-refractivity contribution in [2.75, 3.05) is 19.3 Å². The number of aryl methyl sites for hydroxylation is 1. The summed E-state index contributed by atoms with van der Waals surface area (Å²) in [5.41, 5.74) is 8.05. The van der Waals surface area contributed by atoms with Gasteiger partial charge in [-0.3, -0.25) is 0 Å². The smallest absolute Gasteiger partial charge is 0.116 e. The fourth-order valence-electron chi connectivity index (χ4n) is 0.944. The molecular formula is C10H13N3. The molecule has 1 rings (SSSR count). The Morgan fingerprint density at radius 2 is 2.38 bits per heavy atom. The van der Waals surface area contributed by atoms with E-state index in [0.29, 0.717) is 12.2 Å². The number of pyridine rings is 1. The van der Waals surface area contributed by atoms with Crippen molar-refractivity contribution in [3.05, 3.63) is 23.5 Å². The summed E-state index contributed by atoms with van der Waals surface area (Å²) in [6, 6.07) is 1.87. The molecule has 0 saturated carbocycles. The van der Waals surface area contributed by atoms with Crippen LogP contribution in [0.3, 0.4) is 0 Å². The molecule has 1 aromatic rings. The van der Waals surface area contributed by atoms with E-state index in [1.165, 1.54) is 0 Å². The Labute approximate surface area is 78.4 Å². The third-order valence-corrected chi connectivity index (χ3v) is 1.57. The first kappa shape index (κ1) is 9.56. The van der Waals surface area contributed by atoms with Gasteiger partial charge < -0.3 is 11.1 Å². The first-order valence-electron chi connectivity index (χ1n) is 4.09. The second-order valence-electron chi connectivity index (χ2n) is 2.77. The summed E-state index contributed by atoms with van der Waals surface area (Å²) in [7, 11) is 1.86. The molecule has 0 fully saturated rings. The summed E-state index contributed by atoms with van der Waals surface area (Å²) in [5, 5.41) is 2.94. The summed E-state index contributed by atoms with van der Waals surface area (Å²) < 4.78 is 0. The molecule has 0 atom stereocenters. The van der Waals surface area contributed by atoms with E-state index in [1.54, 1.807) is 6.20 Å². The minimum absolute atomic E-state index is 0.672. The highest BCUT2D eigenvalue weighted by Crippen LogP contribution is 2.06. The minimum atomic E-state index is 0.672. The number of anilines is 1. The van der Waals surface area contributed by atoms with Gasteiger partial charge in [0.05, 0.1) is 18.4 Å². The normalized spacial score (nSPS) is 9.08. The van der Waals surface area contributed by atoms with E-state index in [4.69, 9.17) is 5.73 Å². The molecule has 0 aliphatic rings. The predicted molar refractivity (Wildman–Crippen MR) is 54.2 cm³/mol. The number of nitrogens with one attached hydrogen (secondary N) is 1. The van der Waals surface area contributed by atoms with Crippen LogP contribution in [-0.4, -0.2) is 18.6 Å². The second kappa shape index (κ2) is 4.48. The van der Waals surface area contributed by atoms with Crippen LogP contribution < -0.4 is 11.1 Å². The van der Waals surface area contributed by atoms with Crippen LogP contribution in [0.2, 0.25) is 0 Å². The minimum Gasteiger partial charge on any atom is -0.397 e. The number of aromatic nitrogens is 1. The Bertz CT molecular complexity index is 347. The molecular weight excluding hydrogens is 162 g/mol. The monoisotopic (exact) mass is 175 g/mol. The van der Waals surface area contributed by atoms with E-state index in [0.717, 1.165) is 11.3 Å². The molecule has 0 bridgehead atoms. The molecule has 1 aromatic heterocycles. The number of rotatable bonds is 1. The Morgan fingerprint density at radius 1 is 1.62 bits per heavy atom. The molecule has 0 unspecified atom stereocenters. The van der Waals surface area contributed by atoms with Crippen molar-refractivity contribution in [2.45, 2.75) is 6.92 Å². The molecule has 0 spiro atoms. The van der Waals surface area contributed by atoms with Crippen molar-refractivity contribution in [3.63, 3.8) is 0 Å². The van der Waals surface area contributed by atoms with Gasteiger partial charge in [0.1, 0.15) is 5.69 Å². The molecule has 68 valence electrons. The number of hydrogen-bond donors (Lipinski definition) is 2. The van der Waals surface area contributed by atoms with Gasteiger partial charge in [0.2, 0.25) is 0 Å². The molecule has 3 N–H and O–H groups in total. The van der Waals surface area contributed by atoms with E-state index in [9.17, 15) is 0 Å². The van der Waals surface area contributed by atoms with Gasteiger partial charge in [-0.05, 0) is 31.5 Å². The lowest BCUT2D eigenvalue weighted by Gasteiger charge is -1.97. The first-order valence-corrected chi connectivity index (χ1v) is 4.09. The maximum atomic E-state index is 5.56. The van der Waals surface area contributed by atoms with Crippen molar-refractivity contribution in [2.24, 2.45) is 0 Å². The molecule has 0 saturated heterocycles. The van der Waals surface area contributed by atoms with Gasteiger partial charge in [-0.2, -0.15) is 0 Å². The van der Waals surface area contributed by atoms with Crippen molar-refractivity contribution in [3.8, 4) is 11.8 Å². The molecule has 0 aliphatic heterocycles. The summed E-state index contributed by atoms with van der Waals surface area (Å²) >= 11 is 0. The van der Waals surface area contributed by atoms with Gasteiger partial charge in [-0.1, -0.05) is 5.92 Å². The standard InChI is InChI=1S/C10H13N3/c1-8-6-9(11)7-13-10(8)4-3-5-12-2/h6-7,12H,5,11H2,1-2H3. The third kappa shape index (κ3) is 2.77. The molecule has 0 aromatic carbocycles. The Morgan fingerprint density at radius 3 is 3.00 bits per heavy atom. The zero-order valence-electron chi connectivity index (χ0n) is 7.89. The van der Waals surface area contributed by atoms with Crippen LogP contribution in [0.25, 0.3) is 0 Å². The largest absolute Gasteiger partial charge is 0.397 e. The van der Waals surface area contributed by atoms with Gasteiger partial charge in [-0.25, -0.2) is 4.98 Å². The van der Waals surface area contributed by atoms with E-state index in [1.807, 2.05) is 20.0 Å². The lowest BCUT2D eigenvalue weighted by Crippen LogP contribution is -2.04. The second-order valence-corrected chi connectivity index (χ2v) is 2.77. The van der Waals surface area contributed by atoms with Gasteiger partial charge in [-0.15, -0.1) is 0 Å². The fourth-order valence-corrected chi connectivity index (χ4v) is 0.944. The van der Waals surface area contributed by atoms with Gasteiger partial charge >= 0.3 is 0 Å². The summed E-state index contributed by atoms with van der Waals surface area (Å²) in [4.78, 5) is 4.12. The average molecular weight is 175 g/mol. The van der Waals surface area contributed by atoms with Crippen LogP contribution in [0.15, 0.2) is 12.3 Å². The summed E-state index contributed by atoms with van der Waals surface area (Å²) in [5.74, 6) is 5.91. The molecule has 3 nitrogen and oxygen atoms in total. The zero-order chi connectivity index (χ0) is 9.68. The van der Waals surface area contributed by atoms with Gasteiger partial charge in [0.15, 0.2) is 0 Å². The molecule has 0 amide bonds. The highest BCUT2D eigenvalue weighted by atomic mass is 14.8. The van der Waals surface area contributed by atoms with Gasteiger partial charge in [0, 0.05) is 0 Å².